The van der Waals surface area contributed by atoms with E-state index in [0.717, 1.165) is 12.0 Å². The maximum absolute atomic E-state index is 11.7. The maximum atomic E-state index is 11.7. The molecule has 1 aromatic rings. The van der Waals surface area contributed by atoms with E-state index in [4.69, 9.17) is 5.11 Å². The van der Waals surface area contributed by atoms with Crippen molar-refractivity contribution >= 4 is 17.7 Å². The summed E-state index contributed by atoms with van der Waals surface area (Å²) in [5, 5.41) is 13.9. The molecule has 1 aromatic carbocycles. The Morgan fingerprint density at radius 3 is 2.47 bits per heavy atom. The van der Waals surface area contributed by atoms with Crippen molar-refractivity contribution in [2.24, 2.45) is 0 Å². The number of hydrogen-bond donors (Lipinski definition) is 3. The van der Waals surface area contributed by atoms with Crippen molar-refractivity contribution in [2.75, 3.05) is 5.32 Å². The molecule has 0 spiro atoms. The average Bonchev–Trinajstić information content (AvgIpc) is 2.35. The lowest BCUT2D eigenvalue weighted by atomic mass is 10.1. The quantitative estimate of drug-likeness (QED) is 0.764. The highest BCUT2D eigenvalue weighted by atomic mass is 16.4. The van der Waals surface area contributed by atoms with Crippen LogP contribution in [-0.2, 0) is 11.2 Å². The molecule has 0 fully saturated rings. The Bertz CT molecular complexity index is 472. The van der Waals surface area contributed by atoms with Crippen molar-refractivity contribution in [1.82, 2.24) is 5.32 Å². The van der Waals surface area contributed by atoms with Gasteiger partial charge in [-0.1, -0.05) is 19.9 Å². The average molecular weight is 264 g/mol. The summed E-state index contributed by atoms with van der Waals surface area (Å²) in [7, 11) is 0. The van der Waals surface area contributed by atoms with Crippen LogP contribution < -0.4 is 10.6 Å². The fraction of sp³-hybridized carbons (Fsp3) is 0.429. The van der Waals surface area contributed by atoms with Gasteiger partial charge in [-0.3, -0.25) is 0 Å². The van der Waals surface area contributed by atoms with Gasteiger partial charge in [0, 0.05) is 5.69 Å². The minimum Gasteiger partial charge on any atom is -0.480 e. The van der Waals surface area contributed by atoms with Crippen molar-refractivity contribution in [2.45, 2.75) is 39.7 Å². The highest BCUT2D eigenvalue weighted by Crippen LogP contribution is 2.15. The van der Waals surface area contributed by atoms with E-state index in [1.165, 1.54) is 5.56 Å². The molecule has 5 nitrogen and oxygen atoms in total. The summed E-state index contributed by atoms with van der Waals surface area (Å²) >= 11 is 0. The Labute approximate surface area is 113 Å². The van der Waals surface area contributed by atoms with Gasteiger partial charge in [0.15, 0.2) is 0 Å². The first-order valence-corrected chi connectivity index (χ1v) is 6.37. The molecule has 0 unspecified atom stereocenters. The standard InChI is InChI=1S/C14H20N2O3/c1-4-10-6-7-11(8-9(10)3)15-14(19)16-12(5-2)13(17)18/h6-8,12H,4-5H2,1-3H3,(H,17,18)(H2,15,16,19)/t12-/m0/s1. The van der Waals surface area contributed by atoms with Gasteiger partial charge >= 0.3 is 12.0 Å². The van der Waals surface area contributed by atoms with Crippen LogP contribution >= 0.6 is 0 Å². The molecule has 0 saturated heterocycles. The molecule has 0 saturated carbocycles. The van der Waals surface area contributed by atoms with Crippen LogP contribution in [-0.4, -0.2) is 23.1 Å². The summed E-state index contributed by atoms with van der Waals surface area (Å²) in [5.41, 5.74) is 2.99. The molecule has 19 heavy (non-hydrogen) atoms. The third-order valence-corrected chi connectivity index (χ3v) is 2.99. The van der Waals surface area contributed by atoms with Crippen molar-refractivity contribution in [3.63, 3.8) is 0 Å². The van der Waals surface area contributed by atoms with Crippen LogP contribution in [0.4, 0.5) is 10.5 Å². The van der Waals surface area contributed by atoms with Gasteiger partial charge in [0.2, 0.25) is 0 Å². The van der Waals surface area contributed by atoms with E-state index in [2.05, 4.69) is 17.6 Å². The lowest BCUT2D eigenvalue weighted by Gasteiger charge is -2.14. The van der Waals surface area contributed by atoms with Crippen LogP contribution in [0.1, 0.15) is 31.4 Å². The van der Waals surface area contributed by atoms with Crippen molar-refractivity contribution in [1.29, 1.82) is 0 Å². The van der Waals surface area contributed by atoms with Crippen LogP contribution in [0.5, 0.6) is 0 Å². The molecule has 0 aliphatic carbocycles. The lowest BCUT2D eigenvalue weighted by Crippen LogP contribution is -2.42. The monoisotopic (exact) mass is 264 g/mol. The lowest BCUT2D eigenvalue weighted by molar-refractivity contribution is -0.139. The first-order valence-electron chi connectivity index (χ1n) is 6.37. The number of carboxylic acid groups (broad SMARTS) is 1. The van der Waals surface area contributed by atoms with E-state index in [0.29, 0.717) is 12.1 Å². The Hall–Kier alpha value is -2.04. The molecular weight excluding hydrogens is 244 g/mol. The molecule has 0 heterocycles. The molecule has 0 bridgehead atoms. The molecular formula is C14H20N2O3. The van der Waals surface area contributed by atoms with Gasteiger partial charge in [-0.2, -0.15) is 0 Å². The molecule has 104 valence electrons. The molecule has 0 aliphatic heterocycles. The third kappa shape index (κ3) is 4.28. The Morgan fingerprint density at radius 1 is 1.32 bits per heavy atom. The van der Waals surface area contributed by atoms with E-state index in [1.54, 1.807) is 6.92 Å². The first-order chi connectivity index (χ1) is 8.97. The van der Waals surface area contributed by atoms with Crippen molar-refractivity contribution in [3.8, 4) is 0 Å². The Balaban J connectivity index is 2.67. The number of amides is 2. The van der Waals surface area contributed by atoms with Gasteiger partial charge in [-0.25, -0.2) is 9.59 Å². The van der Waals surface area contributed by atoms with E-state index < -0.39 is 18.0 Å². The van der Waals surface area contributed by atoms with Gasteiger partial charge in [0.1, 0.15) is 6.04 Å². The van der Waals surface area contributed by atoms with Gasteiger partial charge < -0.3 is 15.7 Å². The number of rotatable bonds is 5. The van der Waals surface area contributed by atoms with Gasteiger partial charge in [-0.15, -0.1) is 0 Å². The number of nitrogens with one attached hydrogen (secondary N) is 2. The number of urea groups is 1. The number of anilines is 1. The van der Waals surface area contributed by atoms with Crippen LogP contribution in [0.15, 0.2) is 18.2 Å². The highest BCUT2D eigenvalue weighted by Gasteiger charge is 2.17. The zero-order chi connectivity index (χ0) is 14.4. The minimum atomic E-state index is -1.03. The van der Waals surface area contributed by atoms with Gasteiger partial charge in [0.05, 0.1) is 0 Å². The molecule has 5 heteroatoms. The summed E-state index contributed by atoms with van der Waals surface area (Å²) in [6, 6.07) is 4.28. The first kappa shape index (κ1) is 15.0. The second-order valence-corrected chi connectivity index (χ2v) is 4.39. The van der Waals surface area contributed by atoms with Gasteiger partial charge in [-0.05, 0) is 43.0 Å². The molecule has 0 aliphatic rings. The fourth-order valence-electron chi connectivity index (χ4n) is 1.83. The third-order valence-electron chi connectivity index (χ3n) is 2.99. The van der Waals surface area contributed by atoms with E-state index in [-0.39, 0.29) is 0 Å². The largest absolute Gasteiger partial charge is 0.480 e. The predicted octanol–water partition coefficient (Wildman–Crippen LogP) is 2.54. The number of aryl methyl sites for hydroxylation is 2. The highest BCUT2D eigenvalue weighted by molar-refractivity contribution is 5.92. The summed E-state index contributed by atoms with van der Waals surface area (Å²) in [5.74, 6) is -1.03. The number of benzene rings is 1. The molecule has 0 radical (unpaired) electrons. The maximum Gasteiger partial charge on any atom is 0.326 e. The second kappa shape index (κ2) is 6.78. The smallest absolute Gasteiger partial charge is 0.326 e. The fourth-order valence-corrected chi connectivity index (χ4v) is 1.83. The van der Waals surface area contributed by atoms with Crippen molar-refractivity contribution < 1.29 is 14.7 Å². The molecule has 0 aromatic heterocycles. The SMILES string of the molecule is CCc1ccc(NC(=O)N[C@@H](CC)C(=O)O)cc1C. The minimum absolute atomic E-state index is 0.344. The zero-order valence-electron chi connectivity index (χ0n) is 11.5. The number of carbonyl (C=O) groups excluding carboxylic acids is 1. The van der Waals surface area contributed by atoms with Crippen LogP contribution in [0.2, 0.25) is 0 Å². The summed E-state index contributed by atoms with van der Waals surface area (Å²) in [4.78, 5) is 22.5. The van der Waals surface area contributed by atoms with Crippen molar-refractivity contribution in [3.05, 3.63) is 29.3 Å². The van der Waals surface area contributed by atoms with E-state index >= 15 is 0 Å². The van der Waals surface area contributed by atoms with Crippen LogP contribution in [0.25, 0.3) is 0 Å². The van der Waals surface area contributed by atoms with E-state index in [9.17, 15) is 9.59 Å². The summed E-state index contributed by atoms with van der Waals surface area (Å²) < 4.78 is 0. The molecule has 1 rings (SSSR count). The number of carbonyl (C=O) groups is 2. The molecule has 3 N–H and O–H groups in total. The summed E-state index contributed by atoms with van der Waals surface area (Å²) in [6.45, 7) is 5.76. The topological polar surface area (TPSA) is 78.4 Å². The van der Waals surface area contributed by atoms with E-state index in [1.807, 2.05) is 25.1 Å². The summed E-state index contributed by atoms with van der Waals surface area (Å²) in [6.07, 6.45) is 1.28. The number of carboxylic acids is 1. The normalized spacial score (nSPS) is 11.7. The Kier molecular flexibility index (Phi) is 5.36. The zero-order valence-corrected chi connectivity index (χ0v) is 11.5. The van der Waals surface area contributed by atoms with Crippen LogP contribution in [0.3, 0.4) is 0 Å². The number of aliphatic carboxylic acids is 1. The Morgan fingerprint density at radius 2 is 2.00 bits per heavy atom. The second-order valence-electron chi connectivity index (χ2n) is 4.39. The molecule has 1 atom stereocenters. The molecule has 2 amide bonds. The predicted molar refractivity (Wildman–Crippen MR) is 74.4 cm³/mol. The van der Waals surface area contributed by atoms with Gasteiger partial charge in [0.25, 0.3) is 0 Å². The van der Waals surface area contributed by atoms with Crippen LogP contribution in [0, 0.1) is 6.92 Å². The number of hydrogen-bond acceptors (Lipinski definition) is 2.